The maximum Gasteiger partial charge on any atom is 0.326 e. The van der Waals surface area contributed by atoms with Gasteiger partial charge in [0.05, 0.1) is 22.3 Å². The molecule has 0 unspecified atom stereocenters. The smallest absolute Gasteiger partial charge is 0.326 e. The van der Waals surface area contributed by atoms with Crippen LogP contribution in [-0.2, 0) is 9.53 Å². The molecule has 0 N–H and O–H groups in total. The molecule has 0 fully saturated rings. The zero-order valence-corrected chi connectivity index (χ0v) is 16.3. The summed E-state index contributed by atoms with van der Waals surface area (Å²) in [6.45, 7) is 1.79. The van der Waals surface area contributed by atoms with Gasteiger partial charge < -0.3 is 4.74 Å². The second-order valence-corrected chi connectivity index (χ2v) is 5.81. The zero-order chi connectivity index (χ0) is 16.9. The van der Waals surface area contributed by atoms with Crippen LogP contribution in [0.4, 0.5) is 5.82 Å². The van der Waals surface area contributed by atoms with Gasteiger partial charge in [-0.3, -0.25) is 14.5 Å². The first-order chi connectivity index (χ1) is 11.7. The molecule has 26 heavy (non-hydrogen) atoms. The molecule has 2 aromatic heterocycles. The normalized spacial score (nSPS) is 9.73. The zero-order valence-electron chi connectivity index (χ0n) is 13.8. The standard InChI is InChI=1S/C17H15N3O3S.2ClH/c1-2-23-16(21)10-20(15-5-3-4-8-18-15)17(22)12-6-7-14-13(9-12)19-11-24-14;;/h3-9,11H,2,10H2,1H3;2*1H. The Morgan fingerprint density at radius 2 is 1.96 bits per heavy atom. The van der Waals surface area contributed by atoms with E-state index in [1.54, 1.807) is 49.0 Å². The van der Waals surface area contributed by atoms with E-state index in [1.165, 1.54) is 16.2 Å². The molecule has 0 saturated heterocycles. The third kappa shape index (κ3) is 4.91. The van der Waals surface area contributed by atoms with Crippen molar-refractivity contribution in [1.29, 1.82) is 0 Å². The molecular formula is C17H17Cl2N3O3S. The van der Waals surface area contributed by atoms with Crippen LogP contribution in [0.3, 0.4) is 0 Å². The van der Waals surface area contributed by atoms with Crippen LogP contribution in [0.5, 0.6) is 0 Å². The van der Waals surface area contributed by atoms with Crippen molar-refractivity contribution in [3.8, 4) is 0 Å². The van der Waals surface area contributed by atoms with Crippen LogP contribution in [-0.4, -0.2) is 35.0 Å². The number of carbonyl (C=O) groups is 2. The summed E-state index contributed by atoms with van der Waals surface area (Å²) in [5.74, 6) is -0.406. The van der Waals surface area contributed by atoms with Crippen LogP contribution in [0.1, 0.15) is 17.3 Å². The maximum atomic E-state index is 12.9. The van der Waals surface area contributed by atoms with Gasteiger partial charge >= 0.3 is 5.97 Å². The monoisotopic (exact) mass is 413 g/mol. The number of esters is 1. The van der Waals surface area contributed by atoms with E-state index in [0.717, 1.165) is 10.2 Å². The number of pyridine rings is 1. The second-order valence-electron chi connectivity index (χ2n) is 4.92. The van der Waals surface area contributed by atoms with Crippen molar-refractivity contribution in [2.45, 2.75) is 6.92 Å². The van der Waals surface area contributed by atoms with E-state index in [-0.39, 0.29) is 43.9 Å². The van der Waals surface area contributed by atoms with Crippen LogP contribution in [0.2, 0.25) is 0 Å². The molecule has 3 aromatic rings. The van der Waals surface area contributed by atoms with Gasteiger partial charge in [0.15, 0.2) is 0 Å². The van der Waals surface area contributed by atoms with Gasteiger partial charge in [0.25, 0.3) is 5.91 Å². The molecule has 0 aliphatic heterocycles. The average molecular weight is 414 g/mol. The lowest BCUT2D eigenvalue weighted by Gasteiger charge is -2.20. The molecule has 0 aliphatic rings. The summed E-state index contributed by atoms with van der Waals surface area (Å²) in [7, 11) is 0. The minimum absolute atomic E-state index is 0. The topological polar surface area (TPSA) is 72.4 Å². The van der Waals surface area contributed by atoms with E-state index >= 15 is 0 Å². The number of ether oxygens (including phenoxy) is 1. The van der Waals surface area contributed by atoms with Gasteiger partial charge in [-0.05, 0) is 37.3 Å². The molecule has 138 valence electrons. The molecule has 3 rings (SSSR count). The third-order valence-corrected chi connectivity index (χ3v) is 4.15. The Bertz CT molecular complexity index is 874. The summed E-state index contributed by atoms with van der Waals surface area (Å²) < 4.78 is 5.97. The summed E-state index contributed by atoms with van der Waals surface area (Å²) in [6, 6.07) is 10.5. The van der Waals surface area contributed by atoms with Gasteiger partial charge in [0.2, 0.25) is 0 Å². The highest BCUT2D eigenvalue weighted by Gasteiger charge is 2.22. The first-order valence-corrected chi connectivity index (χ1v) is 8.28. The summed E-state index contributed by atoms with van der Waals surface area (Å²) in [6.07, 6.45) is 1.57. The lowest BCUT2D eigenvalue weighted by atomic mass is 10.2. The van der Waals surface area contributed by atoms with Crippen LogP contribution >= 0.6 is 36.2 Å². The molecule has 0 atom stereocenters. The summed E-state index contributed by atoms with van der Waals surface area (Å²) in [5.41, 5.74) is 2.93. The Hall–Kier alpha value is -2.22. The third-order valence-electron chi connectivity index (χ3n) is 3.34. The Labute approximate surface area is 167 Å². The Morgan fingerprint density at radius 3 is 2.65 bits per heavy atom. The highest BCUT2D eigenvalue weighted by atomic mass is 35.5. The molecule has 2 heterocycles. The van der Waals surface area contributed by atoms with Gasteiger partial charge in [-0.1, -0.05) is 6.07 Å². The predicted octanol–water partition coefficient (Wildman–Crippen LogP) is 3.74. The van der Waals surface area contributed by atoms with E-state index < -0.39 is 5.97 Å². The van der Waals surface area contributed by atoms with E-state index in [9.17, 15) is 9.59 Å². The van der Waals surface area contributed by atoms with Crippen LogP contribution in [0.15, 0.2) is 48.1 Å². The Kier molecular flexibility index (Phi) is 8.44. The minimum atomic E-state index is -0.480. The largest absolute Gasteiger partial charge is 0.465 e. The van der Waals surface area contributed by atoms with E-state index in [0.29, 0.717) is 11.4 Å². The number of amides is 1. The summed E-state index contributed by atoms with van der Waals surface area (Å²) in [4.78, 5) is 34.5. The summed E-state index contributed by atoms with van der Waals surface area (Å²) in [5, 5.41) is 0. The van der Waals surface area contributed by atoms with E-state index in [4.69, 9.17) is 4.74 Å². The Balaban J connectivity index is 0.00000169. The maximum absolute atomic E-state index is 12.9. The molecule has 0 bridgehead atoms. The molecule has 1 aromatic carbocycles. The number of aromatic nitrogens is 2. The number of nitrogens with zero attached hydrogens (tertiary/aromatic N) is 3. The van der Waals surface area contributed by atoms with Crippen molar-refractivity contribution >= 4 is 64.1 Å². The van der Waals surface area contributed by atoms with Crippen LogP contribution < -0.4 is 4.90 Å². The molecule has 1 amide bonds. The van der Waals surface area contributed by atoms with Crippen molar-refractivity contribution in [3.05, 3.63) is 53.7 Å². The first kappa shape index (κ1) is 21.8. The first-order valence-electron chi connectivity index (χ1n) is 7.41. The van der Waals surface area contributed by atoms with Gasteiger partial charge in [0, 0.05) is 11.8 Å². The second kappa shape index (κ2) is 10.1. The lowest BCUT2D eigenvalue weighted by Crippen LogP contribution is -2.37. The number of hydrogen-bond donors (Lipinski definition) is 0. The fraction of sp³-hybridized carbons (Fsp3) is 0.176. The molecule has 0 radical (unpaired) electrons. The molecule has 0 aliphatic carbocycles. The highest BCUT2D eigenvalue weighted by Crippen LogP contribution is 2.21. The van der Waals surface area contributed by atoms with Crippen molar-refractivity contribution in [2.75, 3.05) is 18.1 Å². The van der Waals surface area contributed by atoms with Gasteiger partial charge in [-0.15, -0.1) is 36.2 Å². The van der Waals surface area contributed by atoms with Gasteiger partial charge in [0.1, 0.15) is 12.4 Å². The van der Waals surface area contributed by atoms with Crippen molar-refractivity contribution < 1.29 is 14.3 Å². The average Bonchev–Trinajstić information content (AvgIpc) is 3.08. The minimum Gasteiger partial charge on any atom is -0.465 e. The van der Waals surface area contributed by atoms with Crippen molar-refractivity contribution in [1.82, 2.24) is 9.97 Å². The Morgan fingerprint density at radius 1 is 1.15 bits per heavy atom. The molecule has 6 nitrogen and oxygen atoms in total. The quantitative estimate of drug-likeness (QED) is 0.595. The molecule has 9 heteroatoms. The van der Waals surface area contributed by atoms with Crippen LogP contribution in [0.25, 0.3) is 10.2 Å². The fourth-order valence-electron chi connectivity index (χ4n) is 2.25. The number of anilines is 1. The predicted molar refractivity (Wildman–Crippen MR) is 107 cm³/mol. The molecular weight excluding hydrogens is 397 g/mol. The number of hydrogen-bond acceptors (Lipinski definition) is 6. The number of thiazole rings is 1. The lowest BCUT2D eigenvalue weighted by molar-refractivity contribution is -0.141. The number of benzene rings is 1. The molecule has 0 spiro atoms. The molecule has 0 saturated carbocycles. The fourth-order valence-corrected chi connectivity index (χ4v) is 2.91. The number of fused-ring (bicyclic) bond motifs is 1. The van der Waals surface area contributed by atoms with E-state index in [2.05, 4.69) is 9.97 Å². The highest BCUT2D eigenvalue weighted by molar-refractivity contribution is 7.16. The summed E-state index contributed by atoms with van der Waals surface area (Å²) >= 11 is 1.51. The van der Waals surface area contributed by atoms with Crippen molar-refractivity contribution in [3.63, 3.8) is 0 Å². The van der Waals surface area contributed by atoms with Crippen LogP contribution in [0, 0.1) is 0 Å². The number of carbonyl (C=O) groups excluding carboxylic acids is 2. The SMILES string of the molecule is CCOC(=O)CN(C(=O)c1ccc2scnc2c1)c1ccccn1.Cl.Cl. The van der Waals surface area contributed by atoms with Gasteiger partial charge in [-0.25, -0.2) is 9.97 Å². The number of halogens is 2. The van der Waals surface area contributed by atoms with Gasteiger partial charge in [-0.2, -0.15) is 0 Å². The van der Waals surface area contributed by atoms with Crippen molar-refractivity contribution in [2.24, 2.45) is 0 Å². The number of rotatable bonds is 5. The van der Waals surface area contributed by atoms with E-state index in [1.807, 2.05) is 6.07 Å².